The summed E-state index contributed by atoms with van der Waals surface area (Å²) in [6, 6.07) is 13.0. The number of nitrogens with zero attached hydrogens (tertiary/aromatic N) is 3. The van der Waals surface area contributed by atoms with Gasteiger partial charge in [-0.3, -0.25) is 9.36 Å². The first kappa shape index (κ1) is 23.4. The number of halogens is 2. The first-order chi connectivity index (χ1) is 14.9. The van der Waals surface area contributed by atoms with Crippen LogP contribution in [0.3, 0.4) is 0 Å². The molecule has 0 aliphatic heterocycles. The fraction of sp³-hybridized carbons (Fsp3) is 0.227. The van der Waals surface area contributed by atoms with Gasteiger partial charge in [0.1, 0.15) is 5.75 Å². The van der Waals surface area contributed by atoms with Crippen molar-refractivity contribution in [1.29, 1.82) is 0 Å². The van der Waals surface area contributed by atoms with E-state index in [9.17, 15) is 4.79 Å². The van der Waals surface area contributed by atoms with Gasteiger partial charge in [-0.2, -0.15) is 0 Å². The van der Waals surface area contributed by atoms with E-state index in [1.807, 2.05) is 48.7 Å². The van der Waals surface area contributed by atoms with Crippen LogP contribution < -0.4 is 10.1 Å². The van der Waals surface area contributed by atoms with Gasteiger partial charge in [0.25, 0.3) is 0 Å². The van der Waals surface area contributed by atoms with Gasteiger partial charge in [-0.1, -0.05) is 51.4 Å². The Kier molecular flexibility index (Phi) is 8.17. The molecule has 0 saturated carbocycles. The van der Waals surface area contributed by atoms with Crippen LogP contribution in [0, 0.1) is 6.92 Å². The highest BCUT2D eigenvalue weighted by molar-refractivity contribution is 9.10. The number of nitrogens with one attached hydrogen (secondary N) is 1. The summed E-state index contributed by atoms with van der Waals surface area (Å²) in [5.41, 5.74) is 1.53. The van der Waals surface area contributed by atoms with Gasteiger partial charge in [-0.15, -0.1) is 16.8 Å². The maximum Gasteiger partial charge on any atom is 0.234 e. The number of anilines is 1. The van der Waals surface area contributed by atoms with E-state index in [1.54, 1.807) is 18.2 Å². The molecule has 3 rings (SSSR count). The minimum absolute atomic E-state index is 0.149. The molecular weight excluding hydrogens is 500 g/mol. The molecule has 1 N–H and O–H groups in total. The zero-order chi connectivity index (χ0) is 22.4. The zero-order valence-corrected chi connectivity index (χ0v) is 20.3. The lowest BCUT2D eigenvalue weighted by Gasteiger charge is -2.16. The third kappa shape index (κ3) is 6.12. The van der Waals surface area contributed by atoms with E-state index < -0.39 is 0 Å². The fourth-order valence-corrected chi connectivity index (χ4v) is 4.03. The van der Waals surface area contributed by atoms with Crippen molar-refractivity contribution in [3.63, 3.8) is 0 Å². The van der Waals surface area contributed by atoms with E-state index >= 15 is 0 Å². The van der Waals surface area contributed by atoms with Gasteiger partial charge in [0, 0.05) is 21.7 Å². The summed E-state index contributed by atoms with van der Waals surface area (Å²) in [4.78, 5) is 12.4. The Balaban J connectivity index is 1.68. The molecular formula is C22H22BrClN4O2S. The number of hydrogen-bond donors (Lipinski definition) is 1. The number of thioether (sulfide) groups is 1. The van der Waals surface area contributed by atoms with Crippen molar-refractivity contribution in [3.8, 4) is 5.75 Å². The van der Waals surface area contributed by atoms with E-state index in [0.717, 1.165) is 15.8 Å². The minimum Gasteiger partial charge on any atom is -0.483 e. The SMILES string of the molecule is C=CCn1c(SCC(=O)Nc2cccc(Cl)c2C)nnc1C(C)Oc1ccc(Br)cc1. The molecule has 0 spiro atoms. The molecule has 1 aromatic heterocycles. The van der Waals surface area contributed by atoms with Crippen LogP contribution in [0.15, 0.2) is 64.7 Å². The predicted octanol–water partition coefficient (Wildman–Crippen LogP) is 6.06. The van der Waals surface area contributed by atoms with Crippen LogP contribution >= 0.6 is 39.3 Å². The van der Waals surface area contributed by atoms with Gasteiger partial charge in [0.2, 0.25) is 5.91 Å². The van der Waals surface area contributed by atoms with E-state index in [0.29, 0.717) is 28.2 Å². The molecule has 31 heavy (non-hydrogen) atoms. The monoisotopic (exact) mass is 520 g/mol. The Hall–Kier alpha value is -2.29. The lowest BCUT2D eigenvalue weighted by Crippen LogP contribution is -2.16. The largest absolute Gasteiger partial charge is 0.483 e. The van der Waals surface area contributed by atoms with Gasteiger partial charge in [0.15, 0.2) is 17.1 Å². The number of ether oxygens (including phenoxy) is 1. The highest BCUT2D eigenvalue weighted by Crippen LogP contribution is 2.27. The van der Waals surface area contributed by atoms with Crippen molar-refractivity contribution in [2.45, 2.75) is 31.7 Å². The number of amides is 1. The van der Waals surface area contributed by atoms with Gasteiger partial charge in [-0.05, 0) is 55.8 Å². The summed E-state index contributed by atoms with van der Waals surface area (Å²) in [5, 5.41) is 12.7. The van der Waals surface area contributed by atoms with Crippen molar-refractivity contribution in [1.82, 2.24) is 14.8 Å². The average molecular weight is 522 g/mol. The Morgan fingerprint density at radius 3 is 2.77 bits per heavy atom. The molecule has 1 heterocycles. The molecule has 1 amide bonds. The van der Waals surface area contributed by atoms with E-state index in [4.69, 9.17) is 16.3 Å². The topological polar surface area (TPSA) is 69.0 Å². The quantitative estimate of drug-likeness (QED) is 0.274. The third-order valence-electron chi connectivity index (χ3n) is 4.42. The molecule has 3 aromatic rings. The molecule has 1 atom stereocenters. The second kappa shape index (κ2) is 10.8. The Labute approximate surface area is 199 Å². The zero-order valence-electron chi connectivity index (χ0n) is 17.1. The van der Waals surface area contributed by atoms with Crippen molar-refractivity contribution < 1.29 is 9.53 Å². The van der Waals surface area contributed by atoms with Crippen LogP contribution in [0.25, 0.3) is 0 Å². The smallest absolute Gasteiger partial charge is 0.234 e. The highest BCUT2D eigenvalue weighted by atomic mass is 79.9. The standard InChI is InChI=1S/C22H22BrClN4O2S/c1-4-12-28-21(15(3)30-17-10-8-16(23)9-11-17)26-27-22(28)31-13-20(29)25-19-7-5-6-18(24)14(19)2/h4-11,15H,1,12-13H2,2-3H3,(H,25,29). The third-order valence-corrected chi connectivity index (χ3v) is 6.33. The number of hydrogen-bond acceptors (Lipinski definition) is 5. The molecule has 0 aliphatic carbocycles. The van der Waals surface area contributed by atoms with Crippen LogP contribution in [-0.2, 0) is 11.3 Å². The average Bonchev–Trinajstić information content (AvgIpc) is 3.14. The Morgan fingerprint density at radius 1 is 1.32 bits per heavy atom. The molecule has 9 heteroatoms. The Bertz CT molecular complexity index is 1070. The van der Waals surface area contributed by atoms with Crippen LogP contribution in [0.2, 0.25) is 5.02 Å². The van der Waals surface area contributed by atoms with E-state index in [2.05, 4.69) is 38.0 Å². The first-order valence-corrected chi connectivity index (χ1v) is 11.7. The number of allylic oxidation sites excluding steroid dienone is 1. The molecule has 162 valence electrons. The van der Waals surface area contributed by atoms with Crippen LogP contribution in [0.5, 0.6) is 5.75 Å². The number of aromatic nitrogens is 3. The molecule has 1 unspecified atom stereocenters. The van der Waals surface area contributed by atoms with Crippen LogP contribution in [0.1, 0.15) is 24.4 Å². The molecule has 0 saturated heterocycles. The predicted molar refractivity (Wildman–Crippen MR) is 129 cm³/mol. The van der Waals surface area contributed by atoms with Crippen molar-refractivity contribution >= 4 is 50.9 Å². The second-order valence-corrected chi connectivity index (χ2v) is 8.97. The van der Waals surface area contributed by atoms with Crippen molar-refractivity contribution in [2.24, 2.45) is 0 Å². The van der Waals surface area contributed by atoms with Gasteiger partial charge >= 0.3 is 0 Å². The molecule has 2 aromatic carbocycles. The van der Waals surface area contributed by atoms with Gasteiger partial charge in [-0.25, -0.2) is 0 Å². The van der Waals surface area contributed by atoms with E-state index in [-0.39, 0.29) is 17.8 Å². The molecule has 0 radical (unpaired) electrons. The first-order valence-electron chi connectivity index (χ1n) is 9.53. The number of carbonyl (C=O) groups excluding carboxylic acids is 1. The number of carbonyl (C=O) groups is 1. The van der Waals surface area contributed by atoms with Gasteiger partial charge in [0.05, 0.1) is 5.75 Å². The lowest BCUT2D eigenvalue weighted by molar-refractivity contribution is -0.113. The second-order valence-electron chi connectivity index (χ2n) is 6.70. The van der Waals surface area contributed by atoms with Gasteiger partial charge < -0.3 is 10.1 Å². The molecule has 0 aliphatic rings. The minimum atomic E-state index is -0.328. The summed E-state index contributed by atoms with van der Waals surface area (Å²) >= 11 is 10.8. The van der Waals surface area contributed by atoms with Crippen molar-refractivity contribution in [3.05, 3.63) is 76.0 Å². The van der Waals surface area contributed by atoms with E-state index in [1.165, 1.54) is 11.8 Å². The molecule has 6 nitrogen and oxygen atoms in total. The lowest BCUT2D eigenvalue weighted by atomic mass is 10.2. The molecule has 0 fully saturated rings. The normalized spacial score (nSPS) is 11.7. The number of rotatable bonds is 9. The summed E-state index contributed by atoms with van der Waals surface area (Å²) < 4.78 is 8.89. The van der Waals surface area contributed by atoms with Crippen LogP contribution in [0.4, 0.5) is 5.69 Å². The maximum atomic E-state index is 12.4. The number of benzene rings is 2. The molecule has 0 bridgehead atoms. The Morgan fingerprint density at radius 2 is 2.06 bits per heavy atom. The summed E-state index contributed by atoms with van der Waals surface area (Å²) in [6.07, 6.45) is 1.43. The van der Waals surface area contributed by atoms with Crippen LogP contribution in [-0.4, -0.2) is 26.4 Å². The summed E-state index contributed by atoms with van der Waals surface area (Å²) in [6.45, 7) is 8.10. The highest BCUT2D eigenvalue weighted by Gasteiger charge is 2.20. The fourth-order valence-electron chi connectivity index (χ4n) is 2.84. The summed E-state index contributed by atoms with van der Waals surface area (Å²) in [7, 11) is 0. The van der Waals surface area contributed by atoms with Crippen molar-refractivity contribution in [2.75, 3.05) is 11.1 Å². The summed E-state index contributed by atoms with van der Waals surface area (Å²) in [5.74, 6) is 1.43. The maximum absolute atomic E-state index is 12.4.